The van der Waals surface area contributed by atoms with Crippen molar-refractivity contribution in [3.8, 4) is 5.75 Å². The molecule has 2 aromatic rings. The molecule has 2 rings (SSSR count). The summed E-state index contributed by atoms with van der Waals surface area (Å²) >= 11 is 0. The van der Waals surface area contributed by atoms with Crippen molar-refractivity contribution < 1.29 is 25.4 Å². The Morgan fingerprint density at radius 2 is 1.68 bits per heavy atom. The lowest BCUT2D eigenvalue weighted by Crippen LogP contribution is -2.37. The van der Waals surface area contributed by atoms with E-state index in [2.05, 4.69) is 0 Å². The normalized spacial score (nSPS) is 13.5. The maximum absolute atomic E-state index is 13.2. The minimum Gasteiger partial charge on any atom is -0.382 e. The van der Waals surface area contributed by atoms with E-state index in [1.165, 1.54) is 35.5 Å². The van der Waals surface area contributed by atoms with Gasteiger partial charge in [0.1, 0.15) is 11.6 Å². The highest BCUT2D eigenvalue weighted by molar-refractivity contribution is 7.89. The van der Waals surface area contributed by atoms with Gasteiger partial charge in [0.05, 0.1) is 10.6 Å². The largest absolute Gasteiger partial charge is 0.382 e. The SMILES string of the molecule is CCC(C)N(Cc1cccc(OS(=O)(=O)CC)c1)S(=O)(=O)c1ccc(F)cc1. The van der Waals surface area contributed by atoms with Crippen LogP contribution in [0.3, 0.4) is 0 Å². The zero-order valence-electron chi connectivity index (χ0n) is 16.0. The van der Waals surface area contributed by atoms with Crippen molar-refractivity contribution >= 4 is 20.1 Å². The molecule has 2 aromatic carbocycles. The van der Waals surface area contributed by atoms with Gasteiger partial charge in [-0.3, -0.25) is 0 Å². The molecular formula is C19H24FNO5S2. The average Bonchev–Trinajstić information content (AvgIpc) is 2.65. The van der Waals surface area contributed by atoms with Gasteiger partial charge < -0.3 is 4.18 Å². The number of rotatable bonds is 9. The third-order valence-electron chi connectivity index (χ3n) is 4.32. The molecule has 0 radical (unpaired) electrons. The van der Waals surface area contributed by atoms with Crippen LogP contribution >= 0.6 is 0 Å². The Morgan fingerprint density at radius 3 is 2.25 bits per heavy atom. The summed E-state index contributed by atoms with van der Waals surface area (Å²) in [6.07, 6.45) is 0.570. The molecule has 0 fully saturated rings. The van der Waals surface area contributed by atoms with Gasteiger partial charge in [0.25, 0.3) is 0 Å². The molecule has 0 aromatic heterocycles. The van der Waals surface area contributed by atoms with Crippen LogP contribution in [0.5, 0.6) is 5.75 Å². The summed E-state index contributed by atoms with van der Waals surface area (Å²) in [7, 11) is -7.55. The molecule has 9 heteroatoms. The number of nitrogens with zero attached hydrogens (tertiary/aromatic N) is 1. The minimum atomic E-state index is -3.87. The molecule has 0 spiro atoms. The minimum absolute atomic E-state index is 0.00448. The Hall–Kier alpha value is -1.97. The van der Waals surface area contributed by atoms with E-state index in [1.807, 2.05) is 6.92 Å². The molecular weight excluding hydrogens is 405 g/mol. The van der Waals surface area contributed by atoms with Crippen molar-refractivity contribution in [1.82, 2.24) is 4.31 Å². The van der Waals surface area contributed by atoms with E-state index in [0.717, 1.165) is 12.1 Å². The quantitative estimate of drug-likeness (QED) is 0.570. The van der Waals surface area contributed by atoms with Crippen LogP contribution < -0.4 is 4.18 Å². The summed E-state index contributed by atoms with van der Waals surface area (Å²) in [6.45, 7) is 5.14. The van der Waals surface area contributed by atoms with Gasteiger partial charge in [-0.25, -0.2) is 12.8 Å². The van der Waals surface area contributed by atoms with Gasteiger partial charge in [-0.1, -0.05) is 19.1 Å². The zero-order chi connectivity index (χ0) is 20.9. The molecule has 0 heterocycles. The molecule has 0 aliphatic rings. The summed E-state index contributed by atoms with van der Waals surface area (Å²) in [5, 5.41) is 0. The first-order chi connectivity index (χ1) is 13.1. The Morgan fingerprint density at radius 1 is 1.04 bits per heavy atom. The van der Waals surface area contributed by atoms with E-state index < -0.39 is 26.0 Å². The molecule has 0 N–H and O–H groups in total. The number of halogens is 1. The van der Waals surface area contributed by atoms with E-state index in [4.69, 9.17) is 4.18 Å². The molecule has 0 saturated heterocycles. The molecule has 6 nitrogen and oxygen atoms in total. The first-order valence-electron chi connectivity index (χ1n) is 8.87. The highest BCUT2D eigenvalue weighted by Crippen LogP contribution is 2.24. The number of hydrogen-bond donors (Lipinski definition) is 0. The lowest BCUT2D eigenvalue weighted by molar-refractivity contribution is 0.322. The predicted molar refractivity (Wildman–Crippen MR) is 105 cm³/mol. The average molecular weight is 430 g/mol. The first-order valence-corrected chi connectivity index (χ1v) is 11.9. The smallest absolute Gasteiger partial charge is 0.308 e. The van der Waals surface area contributed by atoms with Crippen molar-refractivity contribution in [1.29, 1.82) is 0 Å². The maximum Gasteiger partial charge on any atom is 0.308 e. The van der Waals surface area contributed by atoms with Gasteiger partial charge in [0.2, 0.25) is 10.0 Å². The van der Waals surface area contributed by atoms with Crippen molar-refractivity contribution in [3.63, 3.8) is 0 Å². The summed E-state index contributed by atoms with van der Waals surface area (Å²) in [5.41, 5.74) is 0.579. The van der Waals surface area contributed by atoms with Crippen LogP contribution in [0.4, 0.5) is 4.39 Å². The number of benzene rings is 2. The van der Waals surface area contributed by atoms with Gasteiger partial charge in [0, 0.05) is 12.6 Å². The third kappa shape index (κ3) is 5.52. The molecule has 0 saturated carbocycles. The van der Waals surface area contributed by atoms with Crippen molar-refractivity contribution in [2.75, 3.05) is 5.75 Å². The van der Waals surface area contributed by atoms with Crippen LogP contribution in [0.15, 0.2) is 53.4 Å². The van der Waals surface area contributed by atoms with Gasteiger partial charge >= 0.3 is 10.1 Å². The third-order valence-corrected chi connectivity index (χ3v) is 7.44. The Labute approximate surface area is 166 Å². The van der Waals surface area contributed by atoms with Crippen LogP contribution in [-0.2, 0) is 26.7 Å². The second-order valence-electron chi connectivity index (χ2n) is 6.34. The molecule has 1 atom stereocenters. The summed E-state index contributed by atoms with van der Waals surface area (Å²) in [6, 6.07) is 10.6. The Balaban J connectivity index is 2.36. The molecule has 1 unspecified atom stereocenters. The molecule has 0 amide bonds. The van der Waals surface area contributed by atoms with Crippen LogP contribution in [0, 0.1) is 5.82 Å². The molecule has 0 aliphatic heterocycles. The fourth-order valence-electron chi connectivity index (χ4n) is 2.50. The molecule has 0 bridgehead atoms. The standard InChI is InChI=1S/C19H24FNO5S2/c1-4-15(3)21(28(24,25)19-11-9-17(20)10-12-19)14-16-7-6-8-18(13-16)26-27(22,23)5-2/h6-13,15H,4-5,14H2,1-3H3. The summed E-state index contributed by atoms with van der Waals surface area (Å²) in [5.74, 6) is -0.562. The molecule has 0 aliphatic carbocycles. The maximum atomic E-state index is 13.2. The molecule has 154 valence electrons. The fraction of sp³-hybridized carbons (Fsp3) is 0.368. The second-order valence-corrected chi connectivity index (χ2v) is 10.1. The van der Waals surface area contributed by atoms with Crippen LogP contribution in [-0.4, -0.2) is 32.9 Å². The van der Waals surface area contributed by atoms with Crippen LogP contribution in [0.2, 0.25) is 0 Å². The monoisotopic (exact) mass is 429 g/mol. The van der Waals surface area contributed by atoms with E-state index in [1.54, 1.807) is 19.1 Å². The van der Waals surface area contributed by atoms with Crippen LogP contribution in [0.1, 0.15) is 32.8 Å². The number of hydrogen-bond acceptors (Lipinski definition) is 5. The van der Waals surface area contributed by atoms with Gasteiger partial charge in [-0.15, -0.1) is 0 Å². The second kappa shape index (κ2) is 9.02. The Bertz CT molecular complexity index is 1000. The fourth-order valence-corrected chi connectivity index (χ4v) is 4.71. The highest BCUT2D eigenvalue weighted by Gasteiger charge is 2.28. The van der Waals surface area contributed by atoms with Gasteiger partial charge in [-0.2, -0.15) is 12.7 Å². The lowest BCUT2D eigenvalue weighted by Gasteiger charge is -2.28. The van der Waals surface area contributed by atoms with E-state index in [9.17, 15) is 21.2 Å². The zero-order valence-corrected chi connectivity index (χ0v) is 17.6. The van der Waals surface area contributed by atoms with E-state index in [-0.39, 0.29) is 29.0 Å². The van der Waals surface area contributed by atoms with E-state index in [0.29, 0.717) is 12.0 Å². The van der Waals surface area contributed by atoms with Crippen molar-refractivity contribution in [2.45, 2.75) is 44.7 Å². The van der Waals surface area contributed by atoms with Crippen LogP contribution in [0.25, 0.3) is 0 Å². The van der Waals surface area contributed by atoms with Crippen molar-refractivity contribution in [3.05, 3.63) is 59.9 Å². The number of sulfonamides is 1. The predicted octanol–water partition coefficient (Wildman–Crippen LogP) is 3.54. The topological polar surface area (TPSA) is 80.8 Å². The summed E-state index contributed by atoms with van der Waals surface area (Å²) in [4.78, 5) is -0.00448. The van der Waals surface area contributed by atoms with Gasteiger partial charge in [-0.05, 0) is 62.2 Å². The first kappa shape index (κ1) is 22.3. The highest BCUT2D eigenvalue weighted by atomic mass is 32.2. The Kier molecular flexibility index (Phi) is 7.19. The van der Waals surface area contributed by atoms with E-state index >= 15 is 0 Å². The molecule has 28 heavy (non-hydrogen) atoms. The van der Waals surface area contributed by atoms with Gasteiger partial charge in [0.15, 0.2) is 0 Å². The van der Waals surface area contributed by atoms with Crippen molar-refractivity contribution in [2.24, 2.45) is 0 Å². The lowest BCUT2D eigenvalue weighted by atomic mass is 10.2. The summed E-state index contributed by atoms with van der Waals surface area (Å²) < 4.78 is 69.0.